The van der Waals surface area contributed by atoms with E-state index in [2.05, 4.69) is 182 Å². The van der Waals surface area contributed by atoms with Crippen LogP contribution in [0, 0.1) is 0 Å². The molecule has 2 nitrogen and oxygen atoms in total. The number of rotatable bonds is 8. The highest BCUT2D eigenvalue weighted by atomic mass is 14.8. The van der Waals surface area contributed by atoms with Crippen molar-refractivity contribution in [3.8, 4) is 66.9 Å². The zero-order valence-corrected chi connectivity index (χ0v) is 27.5. The van der Waals surface area contributed by atoms with Crippen molar-refractivity contribution in [2.75, 3.05) is 0 Å². The summed E-state index contributed by atoms with van der Waals surface area (Å²) in [5.41, 5.74) is 15.4. The Morgan fingerprint density at radius 1 is 0.320 bits per heavy atom. The van der Waals surface area contributed by atoms with Gasteiger partial charge in [-0.2, -0.15) is 0 Å². The monoisotopic (exact) mass is 638 g/mol. The van der Waals surface area contributed by atoms with Gasteiger partial charge in [0.15, 0.2) is 0 Å². The first-order valence-electron chi connectivity index (χ1n) is 16.9. The first-order chi connectivity index (χ1) is 24.8. The normalized spacial score (nSPS) is 11.1. The topological polar surface area (TPSA) is 25.2 Å². The molecule has 0 aliphatic heterocycles. The molecule has 0 unspecified atom stereocenters. The van der Waals surface area contributed by atoms with Gasteiger partial charge in [-0.05, 0) is 80.4 Å². The highest BCUT2D eigenvalue weighted by molar-refractivity contribution is 5.89. The van der Waals surface area contributed by atoms with E-state index in [4.69, 9.17) is 9.98 Å². The Labute approximate surface area is 293 Å². The van der Waals surface area contributed by atoms with Crippen LogP contribution in [-0.4, -0.2) is 11.2 Å². The summed E-state index contributed by atoms with van der Waals surface area (Å²) in [7, 11) is 0. The fraction of sp³-hybridized carbons (Fsp3) is 0. The quantitative estimate of drug-likeness (QED) is 0.152. The largest absolute Gasteiger partial charge is 0.254 e. The molecule has 1 heterocycles. The highest BCUT2D eigenvalue weighted by Gasteiger charge is 2.11. The lowest BCUT2D eigenvalue weighted by molar-refractivity contribution is 1.30. The van der Waals surface area contributed by atoms with Crippen LogP contribution in [0.1, 0.15) is 5.69 Å². The summed E-state index contributed by atoms with van der Waals surface area (Å²) in [6, 6.07) is 70.0. The molecule has 8 aromatic rings. The number of pyridine rings is 1. The molecule has 50 heavy (non-hydrogen) atoms. The second-order valence-electron chi connectivity index (χ2n) is 12.2. The highest BCUT2D eigenvalue weighted by Crippen LogP contribution is 2.37. The van der Waals surface area contributed by atoms with Crippen LogP contribution in [-0.2, 0) is 0 Å². The summed E-state index contributed by atoms with van der Waals surface area (Å²) >= 11 is 0. The van der Waals surface area contributed by atoms with Crippen molar-refractivity contribution in [3.63, 3.8) is 0 Å². The number of nitrogens with zero attached hydrogens (tertiary/aromatic N) is 2. The lowest BCUT2D eigenvalue weighted by Gasteiger charge is -2.12. The predicted molar refractivity (Wildman–Crippen MR) is 211 cm³/mol. The zero-order valence-electron chi connectivity index (χ0n) is 27.5. The molecule has 0 saturated carbocycles. The first-order valence-corrected chi connectivity index (χ1v) is 16.9. The van der Waals surface area contributed by atoms with Crippen molar-refractivity contribution < 1.29 is 0 Å². The van der Waals surface area contributed by atoms with E-state index in [1.165, 1.54) is 38.9 Å². The minimum atomic E-state index is 0.804. The van der Waals surface area contributed by atoms with Gasteiger partial charge in [-0.3, -0.25) is 4.99 Å². The fourth-order valence-corrected chi connectivity index (χ4v) is 6.56. The third-order valence-corrected chi connectivity index (χ3v) is 8.99. The van der Waals surface area contributed by atoms with E-state index in [-0.39, 0.29) is 0 Å². The Kier molecular flexibility index (Phi) is 8.73. The molecule has 0 radical (unpaired) electrons. The van der Waals surface area contributed by atoms with Gasteiger partial charge in [0.05, 0.1) is 23.3 Å². The Balaban J connectivity index is 1.09. The summed E-state index contributed by atoms with van der Waals surface area (Å²) in [5, 5.41) is 0. The molecule has 0 aliphatic rings. The minimum absolute atomic E-state index is 0.804. The molecule has 7 aromatic carbocycles. The van der Waals surface area contributed by atoms with E-state index in [0.29, 0.717) is 0 Å². The number of aromatic nitrogens is 1. The predicted octanol–water partition coefficient (Wildman–Crippen LogP) is 12.8. The molecule has 2 heteroatoms. The Morgan fingerprint density at radius 3 is 1.30 bits per heavy atom. The number of para-hydroxylation sites is 1. The minimum Gasteiger partial charge on any atom is -0.254 e. The van der Waals surface area contributed by atoms with Crippen LogP contribution in [0.5, 0.6) is 0 Å². The van der Waals surface area contributed by atoms with Crippen molar-refractivity contribution in [1.29, 1.82) is 0 Å². The molecule has 1 aromatic heterocycles. The van der Waals surface area contributed by atoms with E-state index in [9.17, 15) is 0 Å². The molecule has 0 aliphatic carbocycles. The molecule has 0 saturated heterocycles. The zero-order chi connectivity index (χ0) is 33.5. The van der Waals surface area contributed by atoms with Gasteiger partial charge in [0, 0.05) is 11.1 Å². The number of hydrogen-bond donors (Lipinski definition) is 0. The number of aliphatic imine (C=N–C) groups is 1. The van der Waals surface area contributed by atoms with Crippen LogP contribution in [0.3, 0.4) is 0 Å². The molecule has 0 fully saturated rings. The molecular weight excluding hydrogens is 605 g/mol. The smallest absolute Gasteiger partial charge is 0.0820 e. The van der Waals surface area contributed by atoms with Crippen molar-refractivity contribution in [2.24, 2.45) is 4.99 Å². The van der Waals surface area contributed by atoms with Gasteiger partial charge in [-0.15, -0.1) is 0 Å². The third-order valence-electron chi connectivity index (χ3n) is 8.99. The van der Waals surface area contributed by atoms with Crippen LogP contribution in [0.4, 0.5) is 5.69 Å². The van der Waals surface area contributed by atoms with Crippen molar-refractivity contribution >= 4 is 11.9 Å². The summed E-state index contributed by atoms with van der Waals surface area (Å²) in [6.07, 6.45) is 1.87. The molecule has 8 rings (SSSR count). The van der Waals surface area contributed by atoms with Crippen LogP contribution in [0.25, 0.3) is 66.9 Å². The SMILES string of the molecule is C(=Nc1ccccc1-c1cccc(-c2ccccc2-c2ccccc2)c1)c1cccc(-c2cccc(-c3ccccc3-c3ccccc3)c2)n1. The van der Waals surface area contributed by atoms with Gasteiger partial charge in [-0.25, -0.2) is 4.98 Å². The maximum absolute atomic E-state index is 5.02. The van der Waals surface area contributed by atoms with Gasteiger partial charge >= 0.3 is 0 Å². The summed E-state index contributed by atoms with van der Waals surface area (Å²) in [5.74, 6) is 0. The Hall–Kier alpha value is -6.64. The average molecular weight is 639 g/mol. The van der Waals surface area contributed by atoms with Gasteiger partial charge in [0.25, 0.3) is 0 Å². The van der Waals surface area contributed by atoms with Gasteiger partial charge < -0.3 is 0 Å². The first kappa shape index (κ1) is 30.7. The molecule has 0 N–H and O–H groups in total. The molecule has 0 amide bonds. The molecule has 236 valence electrons. The molecule has 0 spiro atoms. The molecule has 0 atom stereocenters. The van der Waals surface area contributed by atoms with Gasteiger partial charge in [-0.1, -0.05) is 170 Å². The van der Waals surface area contributed by atoms with E-state index in [1.807, 2.05) is 24.4 Å². The lowest BCUT2D eigenvalue weighted by atomic mass is 9.92. The standard InChI is InChI=1S/C48H34N2/c1-3-16-35(17-4-1)42-25-7-9-27-44(42)37-20-13-22-39(32-37)46-29-11-12-30-48(46)49-34-41-24-15-31-47(50-41)40-23-14-21-38(33-40)45-28-10-8-26-43(45)36-18-5-2-6-19-36/h1-34H. The third kappa shape index (κ3) is 6.56. The summed E-state index contributed by atoms with van der Waals surface area (Å²) in [6.45, 7) is 0. The lowest BCUT2D eigenvalue weighted by Crippen LogP contribution is -1.92. The Bertz CT molecular complexity index is 2430. The second kappa shape index (κ2) is 14.2. The molecule has 0 bridgehead atoms. The maximum atomic E-state index is 5.02. The van der Waals surface area contributed by atoms with Crippen molar-refractivity contribution in [2.45, 2.75) is 0 Å². The van der Waals surface area contributed by atoms with E-state index in [1.54, 1.807) is 0 Å². The van der Waals surface area contributed by atoms with Crippen LogP contribution in [0.15, 0.2) is 205 Å². The second-order valence-corrected chi connectivity index (χ2v) is 12.2. The summed E-state index contributed by atoms with van der Waals surface area (Å²) in [4.78, 5) is 10.00. The van der Waals surface area contributed by atoms with Crippen LogP contribution >= 0.6 is 0 Å². The van der Waals surface area contributed by atoms with Crippen LogP contribution in [0.2, 0.25) is 0 Å². The van der Waals surface area contributed by atoms with Gasteiger partial charge in [0.2, 0.25) is 0 Å². The Morgan fingerprint density at radius 2 is 0.720 bits per heavy atom. The van der Waals surface area contributed by atoms with Crippen molar-refractivity contribution in [1.82, 2.24) is 4.98 Å². The average Bonchev–Trinajstić information content (AvgIpc) is 3.21. The summed E-state index contributed by atoms with van der Waals surface area (Å²) < 4.78 is 0. The fourth-order valence-electron chi connectivity index (χ4n) is 6.56. The van der Waals surface area contributed by atoms with E-state index < -0.39 is 0 Å². The van der Waals surface area contributed by atoms with Gasteiger partial charge in [0.1, 0.15) is 0 Å². The van der Waals surface area contributed by atoms with E-state index in [0.717, 1.165) is 39.3 Å². The van der Waals surface area contributed by atoms with Crippen molar-refractivity contribution in [3.05, 3.63) is 206 Å². The molecular formula is C48H34N2. The number of hydrogen-bond acceptors (Lipinski definition) is 2. The van der Waals surface area contributed by atoms with E-state index >= 15 is 0 Å². The van der Waals surface area contributed by atoms with Crippen LogP contribution < -0.4 is 0 Å². The number of benzene rings is 7. The maximum Gasteiger partial charge on any atom is 0.0820 e.